The summed E-state index contributed by atoms with van der Waals surface area (Å²) in [5.41, 5.74) is 2.91. The van der Waals surface area contributed by atoms with E-state index in [-0.39, 0.29) is 16.8 Å². The molecule has 1 aromatic rings. The third kappa shape index (κ3) is 5.86. The van der Waals surface area contributed by atoms with Gasteiger partial charge < -0.3 is 14.4 Å². The molecule has 1 aliphatic rings. The summed E-state index contributed by atoms with van der Waals surface area (Å²) >= 11 is 0. The van der Waals surface area contributed by atoms with E-state index in [1.54, 1.807) is 13.8 Å². The first kappa shape index (κ1) is 25.8. The molecule has 1 fully saturated rings. The number of carbonyl (C=O) groups excluding carboxylic acids is 3. The molecule has 0 aromatic heterocycles. The summed E-state index contributed by atoms with van der Waals surface area (Å²) in [5.74, 6) is -1.76. The number of amides is 1. The van der Waals surface area contributed by atoms with Crippen LogP contribution in [0.3, 0.4) is 0 Å². The van der Waals surface area contributed by atoms with Crippen molar-refractivity contribution < 1.29 is 32.3 Å². The molecule has 1 atom stereocenters. The molecule has 9 nitrogen and oxygen atoms in total. The van der Waals surface area contributed by atoms with Crippen molar-refractivity contribution in [3.8, 4) is 0 Å². The Hall–Kier alpha value is -2.46. The topological polar surface area (TPSA) is 119 Å². The predicted molar refractivity (Wildman–Crippen MR) is 117 cm³/mol. The van der Waals surface area contributed by atoms with E-state index in [9.17, 15) is 22.8 Å². The molecule has 1 N–H and O–H groups in total. The zero-order chi connectivity index (χ0) is 24.2. The van der Waals surface area contributed by atoms with Gasteiger partial charge in [0.2, 0.25) is 10.0 Å². The van der Waals surface area contributed by atoms with Crippen molar-refractivity contribution in [2.75, 3.05) is 26.8 Å². The van der Waals surface area contributed by atoms with E-state index >= 15 is 0 Å². The fourth-order valence-corrected chi connectivity index (χ4v) is 5.61. The third-order valence-electron chi connectivity index (χ3n) is 5.97. The van der Waals surface area contributed by atoms with Crippen LogP contribution in [0.2, 0.25) is 0 Å². The molecule has 1 heterocycles. The van der Waals surface area contributed by atoms with E-state index in [0.29, 0.717) is 37.1 Å². The Morgan fingerprint density at radius 2 is 1.62 bits per heavy atom. The predicted octanol–water partition coefficient (Wildman–Crippen LogP) is 1.54. The Morgan fingerprint density at radius 3 is 2.12 bits per heavy atom. The average Bonchev–Trinajstić information content (AvgIpc) is 2.74. The summed E-state index contributed by atoms with van der Waals surface area (Å²) in [4.78, 5) is 37.9. The number of nitrogens with one attached hydrogen (secondary N) is 1. The molecule has 0 bridgehead atoms. The van der Waals surface area contributed by atoms with Gasteiger partial charge in [0.1, 0.15) is 6.04 Å². The summed E-state index contributed by atoms with van der Waals surface area (Å²) in [7, 11) is -2.65. The fraction of sp³-hybridized carbons (Fsp3) is 0.591. The fourth-order valence-electron chi connectivity index (χ4n) is 3.80. The maximum atomic E-state index is 13.0. The molecule has 178 valence electrons. The van der Waals surface area contributed by atoms with Crippen molar-refractivity contribution in [3.63, 3.8) is 0 Å². The molecule has 2 rings (SSSR count). The molecular formula is C22H32N2O7S. The van der Waals surface area contributed by atoms with Crippen LogP contribution in [0, 0.1) is 33.6 Å². The second-order valence-electron chi connectivity index (χ2n) is 8.22. The molecule has 32 heavy (non-hydrogen) atoms. The standard InChI is InChI=1S/C22H32N2O7S/c1-13-11-14(2)16(4)20(15(13)3)32(28,29)23-17(5)21(26)31-12-19(25)24-9-7-18(8-10-24)22(27)30-6/h11,17-18,23H,7-10,12H2,1-6H3/t17-/m1/s1. The van der Waals surface area contributed by atoms with Crippen LogP contribution in [0.4, 0.5) is 0 Å². The molecular weight excluding hydrogens is 436 g/mol. The van der Waals surface area contributed by atoms with Crippen molar-refractivity contribution >= 4 is 27.9 Å². The lowest BCUT2D eigenvalue weighted by molar-refractivity contribution is -0.154. The Balaban J connectivity index is 1.95. The number of methoxy groups -OCH3 is 1. The van der Waals surface area contributed by atoms with E-state index in [1.165, 1.54) is 18.9 Å². The van der Waals surface area contributed by atoms with E-state index in [0.717, 1.165) is 11.1 Å². The second-order valence-corrected chi connectivity index (χ2v) is 9.87. The number of aryl methyl sites for hydroxylation is 2. The van der Waals surface area contributed by atoms with Gasteiger partial charge >= 0.3 is 11.9 Å². The van der Waals surface area contributed by atoms with Crippen LogP contribution in [-0.2, 0) is 33.9 Å². The first-order valence-electron chi connectivity index (χ1n) is 10.5. The number of carbonyl (C=O) groups is 3. The quantitative estimate of drug-likeness (QED) is 0.603. The van der Waals surface area contributed by atoms with Crippen molar-refractivity contribution in [1.82, 2.24) is 9.62 Å². The largest absolute Gasteiger partial charge is 0.469 e. The number of sulfonamides is 1. The number of likely N-dealkylation sites (tertiary alicyclic amines) is 1. The van der Waals surface area contributed by atoms with Gasteiger partial charge in [-0.15, -0.1) is 0 Å². The average molecular weight is 469 g/mol. The molecule has 1 aliphatic heterocycles. The first-order chi connectivity index (χ1) is 14.9. The van der Waals surface area contributed by atoms with Crippen LogP contribution >= 0.6 is 0 Å². The number of nitrogens with zero attached hydrogens (tertiary/aromatic N) is 1. The summed E-state index contributed by atoms with van der Waals surface area (Å²) in [6.45, 7) is 8.72. The van der Waals surface area contributed by atoms with Crippen molar-refractivity contribution in [2.24, 2.45) is 5.92 Å². The Kier molecular flexibility index (Phi) is 8.41. The van der Waals surface area contributed by atoms with Gasteiger partial charge in [-0.3, -0.25) is 14.4 Å². The minimum absolute atomic E-state index is 0.152. The Labute approximate surface area is 189 Å². The van der Waals surface area contributed by atoms with Gasteiger partial charge in [0.15, 0.2) is 6.61 Å². The summed E-state index contributed by atoms with van der Waals surface area (Å²) in [6, 6.07) is 0.749. The van der Waals surface area contributed by atoms with Gasteiger partial charge in [0.05, 0.1) is 17.9 Å². The molecule has 10 heteroatoms. The summed E-state index contributed by atoms with van der Waals surface area (Å²) in [6.07, 6.45) is 0.967. The van der Waals surface area contributed by atoms with Crippen LogP contribution < -0.4 is 4.72 Å². The highest BCUT2D eigenvalue weighted by atomic mass is 32.2. The molecule has 1 amide bonds. The van der Waals surface area contributed by atoms with Gasteiger partial charge in [0.25, 0.3) is 5.91 Å². The van der Waals surface area contributed by atoms with Gasteiger partial charge in [-0.2, -0.15) is 4.72 Å². The highest BCUT2D eigenvalue weighted by Crippen LogP contribution is 2.26. The number of hydrogen-bond acceptors (Lipinski definition) is 7. The van der Waals surface area contributed by atoms with Crippen molar-refractivity contribution in [3.05, 3.63) is 28.3 Å². The maximum Gasteiger partial charge on any atom is 0.324 e. The van der Waals surface area contributed by atoms with E-state index in [2.05, 4.69) is 4.72 Å². The number of benzene rings is 1. The van der Waals surface area contributed by atoms with Gasteiger partial charge in [-0.05, 0) is 69.7 Å². The second kappa shape index (κ2) is 10.4. The lowest BCUT2D eigenvalue weighted by atomic mass is 9.97. The van der Waals surface area contributed by atoms with Crippen LogP contribution in [0.25, 0.3) is 0 Å². The molecule has 0 unspecified atom stereocenters. The van der Waals surface area contributed by atoms with Gasteiger partial charge in [0, 0.05) is 13.1 Å². The monoisotopic (exact) mass is 468 g/mol. The number of hydrogen-bond donors (Lipinski definition) is 1. The van der Waals surface area contributed by atoms with Gasteiger partial charge in [-0.25, -0.2) is 8.42 Å². The zero-order valence-corrected chi connectivity index (χ0v) is 20.3. The minimum Gasteiger partial charge on any atom is -0.469 e. The van der Waals surface area contributed by atoms with Crippen molar-refractivity contribution in [2.45, 2.75) is 58.4 Å². The molecule has 1 aromatic carbocycles. The molecule has 0 radical (unpaired) electrons. The first-order valence-corrected chi connectivity index (χ1v) is 12.0. The van der Waals surface area contributed by atoms with Crippen LogP contribution in [-0.4, -0.2) is 64.0 Å². The minimum atomic E-state index is -3.98. The SMILES string of the molecule is COC(=O)C1CCN(C(=O)COC(=O)[C@@H](C)NS(=O)(=O)c2c(C)c(C)cc(C)c2C)CC1. The third-order valence-corrected chi connectivity index (χ3v) is 7.79. The number of rotatable bonds is 7. The van der Waals surface area contributed by atoms with E-state index in [4.69, 9.17) is 9.47 Å². The van der Waals surface area contributed by atoms with Crippen LogP contribution in [0.5, 0.6) is 0 Å². The molecule has 0 saturated carbocycles. The van der Waals surface area contributed by atoms with Crippen molar-refractivity contribution in [1.29, 1.82) is 0 Å². The Morgan fingerprint density at radius 1 is 1.09 bits per heavy atom. The zero-order valence-electron chi connectivity index (χ0n) is 19.5. The van der Waals surface area contributed by atoms with E-state index in [1.807, 2.05) is 19.9 Å². The molecule has 0 spiro atoms. The normalized spacial score (nSPS) is 15.9. The summed E-state index contributed by atoms with van der Waals surface area (Å²) < 4.78 is 38.1. The lowest BCUT2D eigenvalue weighted by Gasteiger charge is -2.30. The van der Waals surface area contributed by atoms with Gasteiger partial charge in [-0.1, -0.05) is 6.07 Å². The molecule has 1 saturated heterocycles. The Bertz CT molecular complexity index is 970. The number of esters is 2. The lowest BCUT2D eigenvalue weighted by Crippen LogP contribution is -2.44. The number of ether oxygens (including phenoxy) is 2. The highest BCUT2D eigenvalue weighted by molar-refractivity contribution is 7.89. The van der Waals surface area contributed by atoms with Crippen LogP contribution in [0.1, 0.15) is 42.0 Å². The van der Waals surface area contributed by atoms with Crippen LogP contribution in [0.15, 0.2) is 11.0 Å². The highest BCUT2D eigenvalue weighted by Gasteiger charge is 2.30. The summed E-state index contributed by atoms with van der Waals surface area (Å²) in [5, 5.41) is 0. The molecule has 0 aliphatic carbocycles. The maximum absolute atomic E-state index is 13.0. The smallest absolute Gasteiger partial charge is 0.324 e. The van der Waals surface area contributed by atoms with E-state index < -0.39 is 34.5 Å². The number of piperidine rings is 1.